The maximum Gasteiger partial charge on any atom is 0.315 e. The third-order valence-corrected chi connectivity index (χ3v) is 11.4. The van der Waals surface area contributed by atoms with Crippen LogP contribution in [0.25, 0.3) is 0 Å². The summed E-state index contributed by atoms with van der Waals surface area (Å²) in [6, 6.07) is 7.10. The zero-order valence-corrected chi connectivity index (χ0v) is 31.3. The Labute approximate surface area is 300 Å². The predicted molar refractivity (Wildman–Crippen MR) is 194 cm³/mol. The van der Waals surface area contributed by atoms with E-state index in [1.807, 2.05) is 71.9 Å². The first kappa shape index (κ1) is 39.2. The molecule has 0 spiro atoms. The summed E-state index contributed by atoms with van der Waals surface area (Å²) in [6.45, 7) is 11.9. The highest BCUT2D eigenvalue weighted by Gasteiger charge is 2.48. The molecule has 0 radical (unpaired) electrons. The van der Waals surface area contributed by atoms with Gasteiger partial charge in [-0.1, -0.05) is 84.2 Å². The first-order chi connectivity index (χ1) is 23.6. The van der Waals surface area contributed by atoms with Crippen LogP contribution in [0.3, 0.4) is 0 Å². The summed E-state index contributed by atoms with van der Waals surface area (Å²) >= 11 is 1.22. The molecule has 12 nitrogen and oxygen atoms in total. The van der Waals surface area contributed by atoms with Gasteiger partial charge in [-0.25, -0.2) is 4.79 Å². The van der Waals surface area contributed by atoms with Crippen molar-refractivity contribution in [2.24, 2.45) is 17.3 Å². The number of thioether (sulfide) groups is 1. The second-order valence-corrected chi connectivity index (χ2v) is 17.1. The van der Waals surface area contributed by atoms with Crippen LogP contribution >= 0.6 is 11.8 Å². The monoisotopic (exact) mass is 712 g/mol. The third-order valence-electron chi connectivity index (χ3n) is 9.94. The minimum atomic E-state index is -1.17. The first-order valence-corrected chi connectivity index (χ1v) is 19.0. The molecule has 3 aliphatic rings. The molecule has 3 fully saturated rings. The molecule has 1 aromatic carbocycles. The lowest BCUT2D eigenvalue weighted by molar-refractivity contribution is -0.144. The van der Waals surface area contributed by atoms with Crippen molar-refractivity contribution in [3.05, 3.63) is 35.9 Å². The van der Waals surface area contributed by atoms with Crippen molar-refractivity contribution in [2.75, 3.05) is 13.1 Å². The van der Waals surface area contributed by atoms with E-state index in [0.29, 0.717) is 13.0 Å². The zero-order chi connectivity index (χ0) is 36.6. The Hall–Kier alpha value is -3.61. The molecule has 0 aromatic heterocycles. The van der Waals surface area contributed by atoms with Crippen LogP contribution in [0.2, 0.25) is 0 Å². The number of Topliss-reactive ketones (excluding diaryl/α,β-unsaturated/α-hetero) is 1. The Balaban J connectivity index is 1.43. The van der Waals surface area contributed by atoms with Crippen molar-refractivity contribution in [1.29, 1.82) is 0 Å². The van der Waals surface area contributed by atoms with Gasteiger partial charge in [-0.05, 0) is 61.8 Å². The maximum atomic E-state index is 14.3. The first-order valence-electron chi connectivity index (χ1n) is 18.1. The minimum Gasteiger partial charge on any atom is -0.350 e. The molecular weight excluding hydrogens is 657 g/mol. The fourth-order valence-corrected chi connectivity index (χ4v) is 8.02. The molecule has 1 heterocycles. The number of amides is 6. The molecule has 1 saturated heterocycles. The molecule has 13 heteroatoms. The number of ketones is 1. The van der Waals surface area contributed by atoms with Gasteiger partial charge in [0.25, 0.3) is 11.7 Å². The molecule has 4 rings (SSSR count). The highest BCUT2D eigenvalue weighted by molar-refractivity contribution is 8.01. The summed E-state index contributed by atoms with van der Waals surface area (Å²) in [7, 11) is 0. The van der Waals surface area contributed by atoms with Crippen LogP contribution in [-0.2, 0) is 30.5 Å². The van der Waals surface area contributed by atoms with Crippen LogP contribution in [0.15, 0.2) is 30.3 Å². The predicted octanol–water partition coefficient (Wildman–Crippen LogP) is 3.64. The van der Waals surface area contributed by atoms with E-state index in [9.17, 15) is 28.8 Å². The van der Waals surface area contributed by atoms with E-state index in [2.05, 4.69) is 26.6 Å². The van der Waals surface area contributed by atoms with Gasteiger partial charge >= 0.3 is 6.03 Å². The molecule has 5 N–H and O–H groups in total. The van der Waals surface area contributed by atoms with Crippen LogP contribution in [0.5, 0.6) is 0 Å². The van der Waals surface area contributed by atoms with Crippen molar-refractivity contribution in [3.8, 4) is 0 Å². The van der Waals surface area contributed by atoms with E-state index >= 15 is 0 Å². The molecule has 6 amide bonds. The van der Waals surface area contributed by atoms with Gasteiger partial charge in [-0.2, -0.15) is 0 Å². The SMILES string of the molecule is CC(C)[C@H]1CCN(C(=O)C(NC(=O)NC2(C)CCCCC2)C(C)(C)C)[C@@H]1C(=O)NC(SC1CC1)C(=O)C(=O)NCC(=O)NCc1ccccc1. The summed E-state index contributed by atoms with van der Waals surface area (Å²) in [5.41, 5.74) is -0.108. The molecule has 1 aliphatic heterocycles. The fourth-order valence-electron chi connectivity index (χ4n) is 6.81. The quantitative estimate of drug-likeness (QED) is 0.145. The van der Waals surface area contributed by atoms with E-state index in [1.165, 1.54) is 11.8 Å². The largest absolute Gasteiger partial charge is 0.350 e. The van der Waals surface area contributed by atoms with Gasteiger partial charge in [0.1, 0.15) is 17.5 Å². The van der Waals surface area contributed by atoms with E-state index in [1.54, 1.807) is 4.90 Å². The molecule has 2 unspecified atom stereocenters. The Morgan fingerprint density at radius 2 is 1.58 bits per heavy atom. The van der Waals surface area contributed by atoms with Crippen molar-refractivity contribution in [2.45, 2.75) is 128 Å². The fraction of sp³-hybridized carbons (Fsp3) is 0.676. The Kier molecular flexibility index (Phi) is 13.4. The summed E-state index contributed by atoms with van der Waals surface area (Å²) in [4.78, 5) is 82.1. The van der Waals surface area contributed by atoms with E-state index in [0.717, 1.165) is 50.5 Å². The van der Waals surface area contributed by atoms with E-state index < -0.39 is 52.4 Å². The van der Waals surface area contributed by atoms with Crippen LogP contribution in [0.4, 0.5) is 4.79 Å². The number of hydrogen-bond donors (Lipinski definition) is 5. The van der Waals surface area contributed by atoms with Gasteiger partial charge in [-0.15, -0.1) is 11.8 Å². The topological polar surface area (TPSA) is 166 Å². The highest BCUT2D eigenvalue weighted by atomic mass is 32.2. The highest BCUT2D eigenvalue weighted by Crippen LogP contribution is 2.38. The normalized spacial score (nSPS) is 21.5. The zero-order valence-electron chi connectivity index (χ0n) is 30.4. The van der Waals surface area contributed by atoms with Crippen LogP contribution in [-0.4, -0.2) is 81.7 Å². The molecular formula is C37H56N6O6S. The lowest BCUT2D eigenvalue weighted by atomic mass is 9.83. The average molecular weight is 713 g/mol. The summed E-state index contributed by atoms with van der Waals surface area (Å²) in [6.07, 6.45) is 7.25. The standard InChI is InChI=1S/C37H56N6O6S/c1-23(2)26-17-20-43(34(48)30(36(3,4)5)40-35(49)42-37(6)18-11-8-12-19-37)28(26)31(46)41-33(50-25-15-16-25)29(45)32(47)39-22-27(44)38-21-24-13-9-7-10-14-24/h7,9-10,13-14,23,25-26,28,30,33H,8,11-12,15-22H2,1-6H3,(H,38,44)(H,39,47)(H,41,46)(H2,40,42,49)/t26-,28+,30?,33?/m1/s1. The van der Waals surface area contributed by atoms with Crippen molar-refractivity contribution in [1.82, 2.24) is 31.5 Å². The molecule has 0 bridgehead atoms. The Bertz CT molecular complexity index is 1390. The van der Waals surface area contributed by atoms with Gasteiger partial charge in [0.2, 0.25) is 17.7 Å². The second-order valence-electron chi connectivity index (χ2n) is 15.7. The number of carbonyl (C=O) groups is 6. The molecule has 1 aromatic rings. The van der Waals surface area contributed by atoms with Gasteiger partial charge in [0, 0.05) is 23.9 Å². The van der Waals surface area contributed by atoms with Crippen LogP contribution in [0, 0.1) is 17.3 Å². The number of nitrogens with one attached hydrogen (secondary N) is 5. The molecule has 2 saturated carbocycles. The Morgan fingerprint density at radius 1 is 0.920 bits per heavy atom. The minimum absolute atomic E-state index is 0.0436. The number of rotatable bonds is 14. The average Bonchev–Trinajstić information content (AvgIpc) is 3.77. The number of urea groups is 1. The maximum absolute atomic E-state index is 14.3. The number of benzene rings is 1. The smallest absolute Gasteiger partial charge is 0.315 e. The number of nitrogens with zero attached hydrogens (tertiary/aromatic N) is 1. The third kappa shape index (κ3) is 10.9. The van der Waals surface area contributed by atoms with Gasteiger partial charge < -0.3 is 31.5 Å². The van der Waals surface area contributed by atoms with Gasteiger partial charge in [0.15, 0.2) is 0 Å². The van der Waals surface area contributed by atoms with Gasteiger partial charge in [0.05, 0.1) is 6.54 Å². The second kappa shape index (κ2) is 17.1. The number of carbonyl (C=O) groups excluding carboxylic acids is 6. The van der Waals surface area contributed by atoms with Crippen LogP contribution in [0.1, 0.15) is 98.5 Å². The number of likely N-dealkylation sites (tertiary alicyclic amines) is 1. The molecule has 2 aliphatic carbocycles. The lowest BCUT2D eigenvalue weighted by Crippen LogP contribution is -2.62. The van der Waals surface area contributed by atoms with Gasteiger partial charge in [-0.3, -0.25) is 24.0 Å². The van der Waals surface area contributed by atoms with Crippen molar-refractivity contribution < 1.29 is 28.8 Å². The van der Waals surface area contributed by atoms with Crippen molar-refractivity contribution >= 4 is 47.2 Å². The van der Waals surface area contributed by atoms with E-state index in [4.69, 9.17) is 0 Å². The summed E-state index contributed by atoms with van der Waals surface area (Å²) in [5.74, 6) is -3.30. The van der Waals surface area contributed by atoms with Crippen molar-refractivity contribution in [3.63, 3.8) is 0 Å². The molecule has 276 valence electrons. The number of hydrogen-bond acceptors (Lipinski definition) is 7. The van der Waals surface area contributed by atoms with E-state index in [-0.39, 0.29) is 41.6 Å². The molecule has 4 atom stereocenters. The molecule has 50 heavy (non-hydrogen) atoms. The lowest BCUT2D eigenvalue weighted by Gasteiger charge is -2.39. The Morgan fingerprint density at radius 3 is 2.18 bits per heavy atom. The summed E-state index contributed by atoms with van der Waals surface area (Å²) < 4.78 is 0. The van der Waals surface area contributed by atoms with Crippen LogP contribution < -0.4 is 26.6 Å². The summed E-state index contributed by atoms with van der Waals surface area (Å²) in [5, 5.41) is 12.9.